The average molecular weight is 479 g/mol. The van der Waals surface area contributed by atoms with Gasteiger partial charge in [0, 0.05) is 23.7 Å². The molecule has 34 heavy (non-hydrogen) atoms. The lowest BCUT2D eigenvalue weighted by Crippen LogP contribution is -2.51. The van der Waals surface area contributed by atoms with Crippen LogP contribution in [0.3, 0.4) is 0 Å². The summed E-state index contributed by atoms with van der Waals surface area (Å²) in [6.07, 6.45) is 6.50. The number of likely N-dealkylation sites (tertiary alicyclic amines) is 1. The highest BCUT2D eigenvalue weighted by Crippen LogP contribution is 2.49. The predicted molar refractivity (Wildman–Crippen MR) is 125 cm³/mol. The Kier molecular flexibility index (Phi) is 4.84. The molecule has 174 valence electrons. The zero-order chi connectivity index (χ0) is 23.6. The number of nitrogens with two attached hydrogens (primary N) is 1. The highest BCUT2D eigenvalue weighted by atomic mass is 35.5. The fraction of sp³-hybridized carbons (Fsp3) is 0.375. The van der Waals surface area contributed by atoms with Gasteiger partial charge in [-0.3, -0.25) is 24.0 Å². The molecule has 0 spiro atoms. The van der Waals surface area contributed by atoms with Gasteiger partial charge in [-0.25, -0.2) is 0 Å². The van der Waals surface area contributed by atoms with Crippen molar-refractivity contribution in [2.75, 3.05) is 4.90 Å². The highest BCUT2D eigenvalue weighted by Gasteiger charge is 2.57. The maximum Gasteiger partial charge on any atom is 0.269 e. The smallest absolute Gasteiger partial charge is 0.269 e. The number of nitrogens with zero attached hydrogens (tertiary/aromatic N) is 5. The Bertz CT molecular complexity index is 1340. The molecule has 2 saturated carbocycles. The third kappa shape index (κ3) is 3.42. The second-order valence-electron chi connectivity index (χ2n) is 9.27. The molecule has 3 aliphatic rings. The molecule has 3 heterocycles. The van der Waals surface area contributed by atoms with Crippen molar-refractivity contribution in [1.29, 1.82) is 0 Å². The molecule has 3 atom stereocenters. The number of halogens is 1. The molecule has 3 fully saturated rings. The lowest BCUT2D eigenvalue weighted by molar-refractivity contribution is -0.139. The van der Waals surface area contributed by atoms with Crippen molar-refractivity contribution >= 4 is 45.9 Å². The number of fused-ring (bicyclic) bond motifs is 2. The topological polar surface area (TPSA) is 114 Å². The standard InChI is InChI=1S/C24H23ClN6O3/c25-16-3-1-2-4-17(16)30(14-5-6-14)24(34)19-10-13-9-18(13)31(19)21(32)12-29-20-11-27-8-7-15(20)22(28-29)23(26)33/h1-4,7-8,11,13-14,18-19H,5-6,9-10,12H2,(H2,26,33)/t13-,18-,19+/m1/s1. The van der Waals surface area contributed by atoms with Crippen LogP contribution >= 0.6 is 11.6 Å². The Morgan fingerprint density at radius 3 is 2.68 bits per heavy atom. The summed E-state index contributed by atoms with van der Waals surface area (Å²) in [5.74, 6) is -0.621. The minimum Gasteiger partial charge on any atom is -0.364 e. The number of carbonyl (C=O) groups excluding carboxylic acids is 3. The molecule has 6 rings (SSSR count). The fourth-order valence-electron chi connectivity index (χ4n) is 5.20. The number of carbonyl (C=O) groups is 3. The minimum absolute atomic E-state index is 0.0595. The van der Waals surface area contributed by atoms with E-state index < -0.39 is 11.9 Å². The van der Waals surface area contributed by atoms with Gasteiger partial charge < -0.3 is 15.5 Å². The Balaban J connectivity index is 1.30. The van der Waals surface area contributed by atoms with Crippen molar-refractivity contribution in [3.8, 4) is 0 Å². The van der Waals surface area contributed by atoms with Crippen LogP contribution in [0.1, 0.15) is 36.2 Å². The molecule has 1 saturated heterocycles. The van der Waals surface area contributed by atoms with Crippen molar-refractivity contribution in [3.63, 3.8) is 0 Å². The van der Waals surface area contributed by atoms with Gasteiger partial charge in [0.15, 0.2) is 5.69 Å². The van der Waals surface area contributed by atoms with Crippen molar-refractivity contribution < 1.29 is 14.4 Å². The maximum atomic E-state index is 13.8. The molecule has 0 bridgehead atoms. The van der Waals surface area contributed by atoms with Gasteiger partial charge in [-0.15, -0.1) is 0 Å². The molecule has 0 unspecified atom stereocenters. The van der Waals surface area contributed by atoms with Gasteiger partial charge in [0.2, 0.25) is 11.8 Å². The van der Waals surface area contributed by atoms with Crippen molar-refractivity contribution in [2.24, 2.45) is 11.7 Å². The summed E-state index contributed by atoms with van der Waals surface area (Å²) in [4.78, 5) is 46.8. The molecule has 1 aliphatic heterocycles. The summed E-state index contributed by atoms with van der Waals surface area (Å²) in [5.41, 5.74) is 6.82. The summed E-state index contributed by atoms with van der Waals surface area (Å²) in [7, 11) is 0. The minimum atomic E-state index is -0.668. The van der Waals surface area contributed by atoms with Gasteiger partial charge in [0.1, 0.15) is 12.6 Å². The van der Waals surface area contributed by atoms with Crippen molar-refractivity contribution in [3.05, 3.63) is 53.4 Å². The summed E-state index contributed by atoms with van der Waals surface area (Å²) in [6.45, 7) is -0.0992. The van der Waals surface area contributed by atoms with E-state index in [1.807, 2.05) is 18.2 Å². The first-order valence-electron chi connectivity index (χ1n) is 11.4. The lowest BCUT2D eigenvalue weighted by Gasteiger charge is -2.32. The zero-order valence-electron chi connectivity index (χ0n) is 18.3. The van der Waals surface area contributed by atoms with E-state index in [0.29, 0.717) is 34.0 Å². The maximum absolute atomic E-state index is 13.8. The SMILES string of the molecule is NC(=O)c1nn(CC(=O)N2[C@@H]3C[C@@H]3C[C@H]2C(=O)N(c2ccccc2Cl)C2CC2)c2cnccc12. The highest BCUT2D eigenvalue weighted by molar-refractivity contribution is 6.34. The quantitative estimate of drug-likeness (QED) is 0.584. The number of aromatic nitrogens is 3. The Morgan fingerprint density at radius 1 is 1.15 bits per heavy atom. The van der Waals surface area contributed by atoms with Crippen LogP contribution in [-0.2, 0) is 16.1 Å². The fourth-order valence-corrected chi connectivity index (χ4v) is 5.43. The van der Waals surface area contributed by atoms with E-state index in [1.54, 1.807) is 34.3 Å². The molecule has 9 nitrogen and oxygen atoms in total. The van der Waals surface area contributed by atoms with Crippen molar-refractivity contribution in [1.82, 2.24) is 19.7 Å². The summed E-state index contributed by atoms with van der Waals surface area (Å²) in [6, 6.07) is 8.63. The zero-order valence-corrected chi connectivity index (χ0v) is 19.1. The van der Waals surface area contributed by atoms with Crippen LogP contribution in [-0.4, -0.2) is 55.5 Å². The molecule has 0 radical (unpaired) electrons. The number of rotatable bonds is 6. The molecular formula is C24H23ClN6O3. The van der Waals surface area contributed by atoms with E-state index in [2.05, 4.69) is 10.1 Å². The molecule has 10 heteroatoms. The second-order valence-corrected chi connectivity index (χ2v) is 9.68. The number of primary amides is 1. The predicted octanol–water partition coefficient (Wildman–Crippen LogP) is 2.37. The first-order valence-corrected chi connectivity index (χ1v) is 11.8. The number of piperidine rings is 1. The van der Waals surface area contributed by atoms with E-state index in [-0.39, 0.29) is 36.1 Å². The Labute approximate surface area is 200 Å². The summed E-state index contributed by atoms with van der Waals surface area (Å²) < 4.78 is 1.45. The lowest BCUT2D eigenvalue weighted by atomic mass is 10.1. The van der Waals surface area contributed by atoms with Crippen LogP contribution in [0.15, 0.2) is 42.7 Å². The molecule has 3 amide bonds. The third-order valence-electron chi connectivity index (χ3n) is 7.01. The number of amides is 3. The molecular weight excluding hydrogens is 456 g/mol. The van der Waals surface area contributed by atoms with Gasteiger partial charge >= 0.3 is 0 Å². The van der Waals surface area contributed by atoms with E-state index in [9.17, 15) is 14.4 Å². The first-order chi connectivity index (χ1) is 16.4. The first kappa shape index (κ1) is 21.1. The number of pyridine rings is 1. The molecule has 3 aromatic rings. The van der Waals surface area contributed by atoms with Crippen LogP contribution in [0.5, 0.6) is 0 Å². The molecule has 2 aromatic heterocycles. The van der Waals surface area contributed by atoms with Crippen molar-refractivity contribution in [2.45, 2.75) is 50.4 Å². The Hall–Kier alpha value is -3.46. The van der Waals surface area contributed by atoms with Crippen LogP contribution in [0.2, 0.25) is 5.02 Å². The second kappa shape index (κ2) is 7.80. The monoisotopic (exact) mass is 478 g/mol. The van der Waals surface area contributed by atoms with Gasteiger partial charge in [0.25, 0.3) is 5.91 Å². The van der Waals surface area contributed by atoms with E-state index in [1.165, 1.54) is 4.68 Å². The van der Waals surface area contributed by atoms with Crippen LogP contribution in [0.25, 0.3) is 10.9 Å². The number of hydrogen-bond acceptors (Lipinski definition) is 5. The average Bonchev–Trinajstić information content (AvgIpc) is 3.74. The Morgan fingerprint density at radius 2 is 1.94 bits per heavy atom. The number of para-hydroxylation sites is 1. The number of benzene rings is 1. The summed E-state index contributed by atoms with van der Waals surface area (Å²) in [5, 5.41) is 5.36. The van der Waals surface area contributed by atoms with Gasteiger partial charge in [-0.2, -0.15) is 5.10 Å². The molecule has 2 N–H and O–H groups in total. The molecule has 2 aliphatic carbocycles. The third-order valence-corrected chi connectivity index (χ3v) is 7.33. The number of hydrogen-bond donors (Lipinski definition) is 1. The van der Waals surface area contributed by atoms with Crippen LogP contribution in [0, 0.1) is 5.92 Å². The van der Waals surface area contributed by atoms with E-state index in [4.69, 9.17) is 17.3 Å². The largest absolute Gasteiger partial charge is 0.364 e. The van der Waals surface area contributed by atoms with E-state index >= 15 is 0 Å². The molecule has 1 aromatic carbocycles. The normalized spacial score (nSPS) is 23.1. The van der Waals surface area contributed by atoms with E-state index in [0.717, 1.165) is 19.3 Å². The number of anilines is 1. The summed E-state index contributed by atoms with van der Waals surface area (Å²) >= 11 is 6.44. The van der Waals surface area contributed by atoms with Crippen LogP contribution in [0.4, 0.5) is 5.69 Å². The van der Waals surface area contributed by atoms with Gasteiger partial charge in [0.05, 0.1) is 22.4 Å². The van der Waals surface area contributed by atoms with Crippen LogP contribution < -0.4 is 10.6 Å². The van der Waals surface area contributed by atoms with Gasteiger partial charge in [-0.1, -0.05) is 23.7 Å². The van der Waals surface area contributed by atoms with Gasteiger partial charge in [-0.05, 0) is 49.8 Å².